The first-order valence-corrected chi connectivity index (χ1v) is 8.93. The van der Waals surface area contributed by atoms with E-state index in [-0.39, 0.29) is 10.8 Å². The lowest BCUT2D eigenvalue weighted by molar-refractivity contribution is -0.112. The van der Waals surface area contributed by atoms with Gasteiger partial charge < -0.3 is 10.1 Å². The summed E-state index contributed by atoms with van der Waals surface area (Å²) in [6, 6.07) is 14.7. The van der Waals surface area contributed by atoms with Crippen LogP contribution in [-0.4, -0.2) is 17.5 Å². The number of thiazole rings is 1. The molecule has 2 N–H and O–H groups in total. The summed E-state index contributed by atoms with van der Waals surface area (Å²) in [5, 5.41) is 4.54. The van der Waals surface area contributed by atoms with Crippen LogP contribution < -0.4 is 25.5 Å². The van der Waals surface area contributed by atoms with Gasteiger partial charge >= 0.3 is 4.87 Å². The highest BCUT2D eigenvalue weighted by Gasteiger charge is 2.23. The van der Waals surface area contributed by atoms with Crippen molar-refractivity contribution in [1.29, 1.82) is 0 Å². The number of hydrogen-bond acceptors (Lipinski definition) is 5. The molecular formula is C19H15N3O3S. The van der Waals surface area contributed by atoms with Gasteiger partial charge in [0.2, 0.25) is 0 Å². The Morgan fingerprint density at radius 2 is 1.88 bits per heavy atom. The van der Waals surface area contributed by atoms with Crippen LogP contribution >= 0.6 is 11.3 Å². The molecular weight excluding hydrogens is 350 g/mol. The number of anilines is 2. The van der Waals surface area contributed by atoms with Gasteiger partial charge in [-0.25, -0.2) is 4.99 Å². The summed E-state index contributed by atoms with van der Waals surface area (Å²) in [4.78, 5) is 31.5. The molecule has 0 radical (unpaired) electrons. The van der Waals surface area contributed by atoms with Crippen molar-refractivity contribution in [2.24, 2.45) is 4.99 Å². The Morgan fingerprint density at radius 3 is 2.65 bits per heavy atom. The lowest BCUT2D eigenvalue weighted by Crippen LogP contribution is -2.22. The van der Waals surface area contributed by atoms with Gasteiger partial charge in [0.05, 0.1) is 22.4 Å². The highest BCUT2D eigenvalue weighted by atomic mass is 32.1. The summed E-state index contributed by atoms with van der Waals surface area (Å²) in [6.45, 7) is 2.52. The number of benzene rings is 2. The van der Waals surface area contributed by atoms with E-state index in [1.54, 1.807) is 6.07 Å². The van der Waals surface area contributed by atoms with E-state index in [4.69, 9.17) is 4.74 Å². The number of carbonyl (C=O) groups excluding carboxylic acids is 1. The van der Waals surface area contributed by atoms with Crippen LogP contribution in [-0.2, 0) is 4.79 Å². The molecule has 2 aromatic carbocycles. The van der Waals surface area contributed by atoms with E-state index in [9.17, 15) is 9.59 Å². The van der Waals surface area contributed by atoms with E-state index >= 15 is 0 Å². The van der Waals surface area contributed by atoms with Gasteiger partial charge in [-0.15, -0.1) is 0 Å². The van der Waals surface area contributed by atoms with Gasteiger partial charge in [0.25, 0.3) is 5.91 Å². The number of amides is 1. The maximum atomic E-state index is 12.4. The highest BCUT2D eigenvalue weighted by Crippen LogP contribution is 2.28. The van der Waals surface area contributed by atoms with Crippen LogP contribution in [0.1, 0.15) is 11.8 Å². The Hall–Kier alpha value is -3.19. The quantitative estimate of drug-likeness (QED) is 0.724. The number of aromatic nitrogens is 1. The summed E-state index contributed by atoms with van der Waals surface area (Å²) < 4.78 is 5.43. The van der Waals surface area contributed by atoms with Crippen molar-refractivity contribution in [3.63, 3.8) is 0 Å². The lowest BCUT2D eigenvalue weighted by Gasteiger charge is -2.08. The molecule has 4 rings (SSSR count). The van der Waals surface area contributed by atoms with Crippen molar-refractivity contribution in [1.82, 2.24) is 4.98 Å². The topological polar surface area (TPSA) is 83.5 Å². The van der Waals surface area contributed by atoms with E-state index in [1.165, 1.54) is 0 Å². The number of nitrogens with zero attached hydrogens (tertiary/aromatic N) is 1. The predicted octanol–water partition coefficient (Wildman–Crippen LogP) is 1.94. The normalized spacial score (nSPS) is 12.7. The first kappa shape index (κ1) is 16.3. The fourth-order valence-corrected chi connectivity index (χ4v) is 3.66. The van der Waals surface area contributed by atoms with Crippen LogP contribution in [0.5, 0.6) is 5.75 Å². The molecule has 1 aromatic heterocycles. The minimum absolute atomic E-state index is 0.238. The van der Waals surface area contributed by atoms with E-state index < -0.39 is 0 Å². The number of ether oxygens (including phenoxy) is 1. The SMILES string of the molecule is CCOc1ccc(Nc2[nH]c(=O)sc2C2=c3ccccc3=NC2=O)cc1. The molecule has 0 atom stereocenters. The molecule has 0 unspecified atom stereocenters. The summed E-state index contributed by atoms with van der Waals surface area (Å²) in [7, 11) is 0. The molecule has 26 heavy (non-hydrogen) atoms. The summed E-state index contributed by atoms with van der Waals surface area (Å²) in [5.74, 6) is 0.917. The van der Waals surface area contributed by atoms with Gasteiger partial charge in [-0.2, -0.15) is 0 Å². The van der Waals surface area contributed by atoms with E-state index in [2.05, 4.69) is 15.3 Å². The molecule has 2 heterocycles. The minimum atomic E-state index is -0.337. The molecule has 0 saturated carbocycles. The second-order valence-corrected chi connectivity index (χ2v) is 6.59. The number of carbonyl (C=O) groups is 1. The molecule has 0 bridgehead atoms. The molecule has 7 heteroatoms. The number of rotatable bonds is 5. The van der Waals surface area contributed by atoms with Gasteiger partial charge in [0.15, 0.2) is 0 Å². The molecule has 0 spiro atoms. The van der Waals surface area contributed by atoms with Crippen molar-refractivity contribution in [3.8, 4) is 5.75 Å². The molecule has 0 fully saturated rings. The Balaban J connectivity index is 1.76. The van der Waals surface area contributed by atoms with Crippen LogP contribution in [0.3, 0.4) is 0 Å². The first-order valence-electron chi connectivity index (χ1n) is 8.11. The average Bonchev–Trinajstić information content (AvgIpc) is 3.15. The number of para-hydroxylation sites is 1. The van der Waals surface area contributed by atoms with Crippen LogP contribution in [0.2, 0.25) is 0 Å². The molecule has 6 nitrogen and oxygen atoms in total. The van der Waals surface area contributed by atoms with Gasteiger partial charge in [0.1, 0.15) is 11.6 Å². The fraction of sp³-hybridized carbons (Fsp3) is 0.105. The number of nitrogens with one attached hydrogen (secondary N) is 2. The number of hydrogen-bond donors (Lipinski definition) is 2. The van der Waals surface area contributed by atoms with E-state index in [0.717, 1.165) is 28.0 Å². The monoisotopic (exact) mass is 365 g/mol. The van der Waals surface area contributed by atoms with Crippen molar-refractivity contribution >= 4 is 34.3 Å². The zero-order valence-electron chi connectivity index (χ0n) is 13.9. The zero-order valence-corrected chi connectivity index (χ0v) is 14.7. The third kappa shape index (κ3) is 2.93. The smallest absolute Gasteiger partial charge is 0.306 e. The number of aromatic amines is 1. The molecule has 0 saturated heterocycles. The lowest BCUT2D eigenvalue weighted by atomic mass is 10.1. The van der Waals surface area contributed by atoms with Gasteiger partial charge in [0, 0.05) is 10.9 Å². The largest absolute Gasteiger partial charge is 0.494 e. The second-order valence-electron chi connectivity index (χ2n) is 5.61. The van der Waals surface area contributed by atoms with Crippen LogP contribution in [0.4, 0.5) is 11.5 Å². The highest BCUT2D eigenvalue weighted by molar-refractivity contribution is 7.11. The zero-order chi connectivity index (χ0) is 18.1. The third-order valence-electron chi connectivity index (χ3n) is 3.92. The second kappa shape index (κ2) is 6.61. The van der Waals surface area contributed by atoms with Crippen molar-refractivity contribution in [2.75, 3.05) is 11.9 Å². The predicted molar refractivity (Wildman–Crippen MR) is 101 cm³/mol. The molecule has 1 aliphatic rings. The number of H-pyrrole nitrogens is 1. The van der Waals surface area contributed by atoms with E-state index in [1.807, 2.05) is 49.4 Å². The fourth-order valence-electron chi connectivity index (χ4n) is 2.82. The molecule has 3 aromatic rings. The molecule has 1 aliphatic heterocycles. The van der Waals surface area contributed by atoms with Crippen LogP contribution in [0.15, 0.2) is 58.3 Å². The van der Waals surface area contributed by atoms with Gasteiger partial charge in [-0.05, 0) is 37.3 Å². The van der Waals surface area contributed by atoms with E-state index in [0.29, 0.717) is 28.2 Å². The summed E-state index contributed by atoms with van der Waals surface area (Å²) >= 11 is 0.993. The first-order chi connectivity index (χ1) is 12.7. The Morgan fingerprint density at radius 1 is 1.12 bits per heavy atom. The van der Waals surface area contributed by atoms with Crippen LogP contribution in [0.25, 0.3) is 5.57 Å². The minimum Gasteiger partial charge on any atom is -0.494 e. The Labute approximate surface area is 152 Å². The summed E-state index contributed by atoms with van der Waals surface area (Å²) in [6.07, 6.45) is 0. The Kier molecular flexibility index (Phi) is 4.14. The maximum Gasteiger partial charge on any atom is 0.306 e. The molecule has 0 aliphatic carbocycles. The summed E-state index contributed by atoms with van der Waals surface area (Å²) in [5.41, 5.74) is 1.22. The molecule has 1 amide bonds. The Bertz CT molecular complexity index is 1160. The van der Waals surface area contributed by atoms with Gasteiger partial charge in [-0.1, -0.05) is 29.5 Å². The van der Waals surface area contributed by atoms with Crippen LogP contribution in [0, 0.1) is 0 Å². The third-order valence-corrected chi connectivity index (χ3v) is 4.82. The van der Waals surface area contributed by atoms with Crippen molar-refractivity contribution < 1.29 is 9.53 Å². The molecule has 130 valence electrons. The van der Waals surface area contributed by atoms with Gasteiger partial charge in [-0.3, -0.25) is 14.6 Å². The maximum absolute atomic E-state index is 12.4. The average molecular weight is 365 g/mol. The number of fused-ring (bicyclic) bond motifs is 1. The van der Waals surface area contributed by atoms with Crippen molar-refractivity contribution in [3.05, 3.63) is 73.7 Å². The van der Waals surface area contributed by atoms with Crippen molar-refractivity contribution in [2.45, 2.75) is 6.92 Å². The standard InChI is InChI=1S/C19H15N3O3S/c1-2-25-12-9-7-11(8-10-12)20-17-16(26-19(24)22-17)15-13-5-3-4-6-14(13)21-18(15)23/h3-10,20H,2H2,1H3,(H,22,24).